The van der Waals surface area contributed by atoms with Crippen LogP contribution in [-0.4, -0.2) is 30.6 Å². The van der Waals surface area contributed by atoms with Crippen LogP contribution in [0.25, 0.3) is 0 Å². The molecule has 1 aromatic rings. The Hall–Kier alpha value is -1.58. The van der Waals surface area contributed by atoms with Crippen LogP contribution in [-0.2, 0) is 13.0 Å². The van der Waals surface area contributed by atoms with Crippen molar-refractivity contribution in [2.45, 2.75) is 32.7 Å². The van der Waals surface area contributed by atoms with E-state index in [0.717, 1.165) is 56.0 Å². The van der Waals surface area contributed by atoms with Gasteiger partial charge in [0.05, 0.1) is 5.56 Å². The number of hydrogen-bond acceptors (Lipinski definition) is 4. The molecule has 2 amide bonds. The van der Waals surface area contributed by atoms with Gasteiger partial charge in [-0.2, -0.15) is 5.26 Å². The first kappa shape index (κ1) is 14.4. The number of amides is 2. The maximum absolute atomic E-state index is 12.4. The van der Waals surface area contributed by atoms with Gasteiger partial charge in [0, 0.05) is 24.5 Å². The van der Waals surface area contributed by atoms with Crippen molar-refractivity contribution in [3.05, 3.63) is 16.0 Å². The van der Waals surface area contributed by atoms with Gasteiger partial charge in [0.25, 0.3) is 0 Å². The topological polar surface area (TPSA) is 68.2 Å². The number of rotatable bonds is 1. The Morgan fingerprint density at radius 1 is 1.48 bits per heavy atom. The Morgan fingerprint density at radius 3 is 2.95 bits per heavy atom. The Bertz CT molecular complexity index is 581. The van der Waals surface area contributed by atoms with Crippen molar-refractivity contribution < 1.29 is 4.79 Å². The van der Waals surface area contributed by atoms with Crippen LogP contribution in [0.3, 0.4) is 0 Å². The quantitative estimate of drug-likeness (QED) is 0.837. The summed E-state index contributed by atoms with van der Waals surface area (Å²) < 4.78 is 0. The number of anilines is 1. The third-order valence-corrected chi connectivity index (χ3v) is 5.48. The molecule has 1 saturated heterocycles. The molecule has 0 aromatic carbocycles. The van der Waals surface area contributed by atoms with Crippen molar-refractivity contribution in [3.8, 4) is 6.07 Å². The summed E-state index contributed by atoms with van der Waals surface area (Å²) in [6.07, 6.45) is 2.98. The van der Waals surface area contributed by atoms with Gasteiger partial charge in [-0.15, -0.1) is 11.3 Å². The number of carbonyl (C=O) groups is 1. The number of piperidine rings is 1. The molecule has 1 aromatic heterocycles. The summed E-state index contributed by atoms with van der Waals surface area (Å²) >= 11 is 1.54. The van der Waals surface area contributed by atoms with E-state index in [4.69, 9.17) is 0 Å². The van der Waals surface area contributed by atoms with Crippen molar-refractivity contribution in [1.82, 2.24) is 10.2 Å². The van der Waals surface area contributed by atoms with E-state index in [1.165, 1.54) is 16.2 Å². The Morgan fingerprint density at radius 2 is 2.24 bits per heavy atom. The van der Waals surface area contributed by atoms with Gasteiger partial charge in [-0.25, -0.2) is 4.79 Å². The second kappa shape index (κ2) is 6.04. The molecule has 3 heterocycles. The van der Waals surface area contributed by atoms with Gasteiger partial charge in [0.15, 0.2) is 0 Å². The van der Waals surface area contributed by atoms with E-state index in [9.17, 15) is 10.1 Å². The number of nitriles is 1. The maximum atomic E-state index is 12.4. The fourth-order valence-corrected chi connectivity index (χ4v) is 4.09. The fourth-order valence-electron chi connectivity index (χ4n) is 2.93. The van der Waals surface area contributed by atoms with Gasteiger partial charge in [-0.1, -0.05) is 6.92 Å². The molecule has 6 heteroatoms. The number of fused-ring (bicyclic) bond motifs is 1. The van der Waals surface area contributed by atoms with Gasteiger partial charge in [0.2, 0.25) is 0 Å². The van der Waals surface area contributed by atoms with Gasteiger partial charge in [-0.3, -0.25) is 5.32 Å². The number of hydrogen-bond donors (Lipinski definition) is 2. The number of thiophene rings is 1. The molecule has 1 fully saturated rings. The van der Waals surface area contributed by atoms with Gasteiger partial charge in [-0.05, 0) is 37.3 Å². The number of likely N-dealkylation sites (tertiary alicyclic amines) is 1. The summed E-state index contributed by atoms with van der Waals surface area (Å²) in [6, 6.07) is 2.20. The van der Waals surface area contributed by atoms with Crippen LogP contribution in [0.15, 0.2) is 0 Å². The van der Waals surface area contributed by atoms with Gasteiger partial charge < -0.3 is 10.2 Å². The molecule has 0 saturated carbocycles. The minimum absolute atomic E-state index is 0.0649. The molecular formula is C15H20N4OS. The Kier molecular flexibility index (Phi) is 4.13. The number of nitrogens with zero attached hydrogens (tertiary/aromatic N) is 2. The standard InChI is InChI=1S/C15H20N4OS/c1-10-3-6-19(7-4-10)15(20)18-14-12(8-16)11-2-5-17-9-13(11)21-14/h10,17H,2-7,9H2,1H3,(H,18,20). The normalized spacial score (nSPS) is 19.0. The first-order valence-electron chi connectivity index (χ1n) is 7.50. The highest BCUT2D eigenvalue weighted by Crippen LogP contribution is 2.35. The molecule has 2 aliphatic rings. The molecule has 0 radical (unpaired) electrons. The molecular weight excluding hydrogens is 284 g/mol. The van der Waals surface area contributed by atoms with Crippen molar-refractivity contribution in [1.29, 1.82) is 5.26 Å². The predicted octanol–water partition coefficient (Wildman–Crippen LogP) is 2.53. The van der Waals surface area contributed by atoms with Crippen LogP contribution in [0, 0.1) is 17.2 Å². The molecule has 5 nitrogen and oxygen atoms in total. The Balaban J connectivity index is 1.74. The first-order valence-corrected chi connectivity index (χ1v) is 8.32. The number of nitrogens with one attached hydrogen (secondary N) is 2. The minimum Gasteiger partial charge on any atom is -0.324 e. The molecule has 0 atom stereocenters. The minimum atomic E-state index is -0.0649. The first-order chi connectivity index (χ1) is 10.2. The van der Waals surface area contributed by atoms with Crippen LogP contribution in [0.5, 0.6) is 0 Å². The Labute approximate surface area is 128 Å². The highest BCUT2D eigenvalue weighted by Gasteiger charge is 2.24. The van der Waals surface area contributed by atoms with Gasteiger partial charge >= 0.3 is 6.03 Å². The highest BCUT2D eigenvalue weighted by atomic mass is 32.1. The lowest BCUT2D eigenvalue weighted by Gasteiger charge is -2.30. The lowest BCUT2D eigenvalue weighted by atomic mass is 10.00. The van der Waals surface area contributed by atoms with Gasteiger partial charge in [0.1, 0.15) is 11.1 Å². The summed E-state index contributed by atoms with van der Waals surface area (Å²) in [5.41, 5.74) is 1.78. The molecule has 2 aliphatic heterocycles. The zero-order valence-electron chi connectivity index (χ0n) is 12.2. The van der Waals surface area contributed by atoms with E-state index in [1.54, 1.807) is 0 Å². The number of carbonyl (C=O) groups excluding carboxylic acids is 1. The largest absolute Gasteiger partial charge is 0.324 e. The maximum Gasteiger partial charge on any atom is 0.322 e. The van der Waals surface area contributed by atoms with Crippen LogP contribution >= 0.6 is 11.3 Å². The summed E-state index contributed by atoms with van der Waals surface area (Å²) in [5, 5.41) is 16.4. The lowest BCUT2D eigenvalue weighted by Crippen LogP contribution is -2.40. The zero-order chi connectivity index (χ0) is 14.8. The predicted molar refractivity (Wildman–Crippen MR) is 83.4 cm³/mol. The van der Waals surface area contributed by atoms with Crippen LogP contribution in [0.2, 0.25) is 0 Å². The smallest absolute Gasteiger partial charge is 0.322 e. The van der Waals surface area contributed by atoms with E-state index in [2.05, 4.69) is 23.6 Å². The lowest BCUT2D eigenvalue weighted by molar-refractivity contribution is 0.186. The second-order valence-corrected chi connectivity index (χ2v) is 6.95. The van der Waals surface area contributed by atoms with Crippen molar-refractivity contribution in [3.63, 3.8) is 0 Å². The third-order valence-electron chi connectivity index (χ3n) is 4.33. The average Bonchev–Trinajstić information content (AvgIpc) is 2.84. The van der Waals surface area contributed by atoms with Crippen LogP contribution in [0.4, 0.5) is 9.80 Å². The van der Waals surface area contributed by atoms with Crippen molar-refractivity contribution in [2.75, 3.05) is 25.0 Å². The highest BCUT2D eigenvalue weighted by molar-refractivity contribution is 7.16. The van der Waals surface area contributed by atoms with Crippen LogP contribution in [0.1, 0.15) is 35.8 Å². The molecule has 0 spiro atoms. The fraction of sp³-hybridized carbons (Fsp3) is 0.600. The SMILES string of the molecule is CC1CCN(C(=O)Nc2sc3c(c2C#N)CCNC3)CC1. The summed E-state index contributed by atoms with van der Waals surface area (Å²) in [6.45, 7) is 5.54. The van der Waals surface area contributed by atoms with E-state index in [0.29, 0.717) is 11.5 Å². The molecule has 0 unspecified atom stereocenters. The zero-order valence-corrected chi connectivity index (χ0v) is 13.1. The van der Waals surface area contributed by atoms with E-state index in [1.807, 2.05) is 4.90 Å². The summed E-state index contributed by atoms with van der Waals surface area (Å²) in [4.78, 5) is 15.4. The van der Waals surface area contributed by atoms with E-state index < -0.39 is 0 Å². The van der Waals surface area contributed by atoms with Crippen LogP contribution < -0.4 is 10.6 Å². The van der Waals surface area contributed by atoms with Crippen molar-refractivity contribution >= 4 is 22.4 Å². The molecule has 0 aliphatic carbocycles. The number of urea groups is 1. The molecule has 112 valence electrons. The monoisotopic (exact) mass is 304 g/mol. The van der Waals surface area contributed by atoms with Crippen molar-refractivity contribution in [2.24, 2.45) is 5.92 Å². The van der Waals surface area contributed by atoms with E-state index >= 15 is 0 Å². The molecule has 2 N–H and O–H groups in total. The average molecular weight is 304 g/mol. The molecule has 21 heavy (non-hydrogen) atoms. The summed E-state index contributed by atoms with van der Waals surface area (Å²) in [7, 11) is 0. The molecule has 0 bridgehead atoms. The van der Waals surface area contributed by atoms with E-state index in [-0.39, 0.29) is 6.03 Å². The molecule has 3 rings (SSSR count). The third kappa shape index (κ3) is 2.89. The second-order valence-electron chi connectivity index (χ2n) is 5.85. The summed E-state index contributed by atoms with van der Waals surface area (Å²) in [5.74, 6) is 0.698.